The number of hydrogen-bond acceptors (Lipinski definition) is 5. The van der Waals surface area contributed by atoms with Crippen LogP contribution in [-0.4, -0.2) is 31.3 Å². The lowest BCUT2D eigenvalue weighted by Crippen LogP contribution is -2.35. The predicted octanol–water partition coefficient (Wildman–Crippen LogP) is 3.83. The molecule has 29 heavy (non-hydrogen) atoms. The van der Waals surface area contributed by atoms with Crippen LogP contribution in [0.25, 0.3) is 0 Å². The van der Waals surface area contributed by atoms with E-state index in [9.17, 15) is 35.5 Å². The molecular formula is C18H14F5NO4S. The topological polar surface area (TPSA) is 87.4 Å². The van der Waals surface area contributed by atoms with E-state index in [1.807, 2.05) is 0 Å². The average Bonchev–Trinajstić information content (AvgIpc) is 2.65. The summed E-state index contributed by atoms with van der Waals surface area (Å²) in [5, 5.41) is 18.5. The molecule has 0 bridgehead atoms. The van der Waals surface area contributed by atoms with E-state index in [1.54, 1.807) is 6.07 Å². The molecule has 0 aromatic heterocycles. The number of alkyl halides is 4. The van der Waals surface area contributed by atoms with Crippen LogP contribution in [0.1, 0.15) is 18.4 Å². The summed E-state index contributed by atoms with van der Waals surface area (Å²) in [6, 6.07) is 4.45. The van der Waals surface area contributed by atoms with Crippen LogP contribution in [-0.2, 0) is 9.84 Å². The van der Waals surface area contributed by atoms with Crippen molar-refractivity contribution in [3.05, 3.63) is 64.5 Å². The number of aliphatic hydroxyl groups excluding tert-OH is 1. The first-order valence-corrected chi connectivity index (χ1v) is 9.47. The molecule has 0 unspecified atom stereocenters. The van der Waals surface area contributed by atoms with E-state index >= 15 is 0 Å². The van der Waals surface area contributed by atoms with Gasteiger partial charge in [0.25, 0.3) is 5.92 Å². The van der Waals surface area contributed by atoms with Crippen molar-refractivity contribution >= 4 is 9.84 Å². The fourth-order valence-corrected chi connectivity index (χ4v) is 3.31. The summed E-state index contributed by atoms with van der Waals surface area (Å²) >= 11 is 0. The van der Waals surface area contributed by atoms with Gasteiger partial charge in [-0.2, -0.15) is 14.0 Å². The number of ether oxygens (including phenoxy) is 1. The average molecular weight is 435 g/mol. The van der Waals surface area contributed by atoms with E-state index in [-0.39, 0.29) is 11.3 Å². The number of sulfone groups is 1. The molecule has 0 amide bonds. The van der Waals surface area contributed by atoms with E-state index in [2.05, 4.69) is 6.58 Å². The molecular weight excluding hydrogens is 421 g/mol. The van der Waals surface area contributed by atoms with Crippen molar-refractivity contribution in [3.63, 3.8) is 0 Å². The van der Waals surface area contributed by atoms with Crippen LogP contribution in [0.4, 0.5) is 22.0 Å². The Balaban J connectivity index is 2.56. The first-order valence-electron chi connectivity index (χ1n) is 7.92. The Bertz CT molecular complexity index is 1030. The van der Waals surface area contributed by atoms with Gasteiger partial charge in [-0.05, 0) is 29.9 Å². The van der Waals surface area contributed by atoms with Crippen molar-refractivity contribution in [2.75, 3.05) is 0 Å². The van der Waals surface area contributed by atoms with Gasteiger partial charge in [0.05, 0.1) is 16.5 Å². The fraction of sp³-hybridized carbons (Fsp3) is 0.278. The maximum absolute atomic E-state index is 14.2. The molecule has 156 valence electrons. The summed E-state index contributed by atoms with van der Waals surface area (Å²) in [7, 11) is -5.27. The van der Waals surface area contributed by atoms with E-state index in [1.165, 1.54) is 0 Å². The van der Waals surface area contributed by atoms with Crippen molar-refractivity contribution in [2.24, 2.45) is 0 Å². The smallest absolute Gasteiger partial charge is 0.340 e. The van der Waals surface area contributed by atoms with Crippen LogP contribution in [0.15, 0.2) is 53.2 Å². The highest BCUT2D eigenvalue weighted by Gasteiger charge is 2.43. The summed E-state index contributed by atoms with van der Waals surface area (Å²) in [6.07, 6.45) is -3.61. The number of nitrogens with zero attached hydrogens (tertiary/aromatic N) is 1. The largest absolute Gasteiger partial charge is 0.457 e. The lowest BCUT2D eigenvalue weighted by Gasteiger charge is -2.24. The predicted molar refractivity (Wildman–Crippen MR) is 92.2 cm³/mol. The molecule has 1 aromatic rings. The third-order valence-electron chi connectivity index (χ3n) is 3.93. The first-order chi connectivity index (χ1) is 13.4. The van der Waals surface area contributed by atoms with Gasteiger partial charge in [0.1, 0.15) is 23.4 Å². The molecule has 0 spiro atoms. The van der Waals surface area contributed by atoms with E-state index in [0.29, 0.717) is 6.08 Å². The minimum Gasteiger partial charge on any atom is -0.457 e. The van der Waals surface area contributed by atoms with Crippen LogP contribution < -0.4 is 4.74 Å². The van der Waals surface area contributed by atoms with Gasteiger partial charge < -0.3 is 9.84 Å². The van der Waals surface area contributed by atoms with Crippen LogP contribution in [0.5, 0.6) is 5.75 Å². The third kappa shape index (κ3) is 5.21. The monoisotopic (exact) mass is 435 g/mol. The van der Waals surface area contributed by atoms with Gasteiger partial charge in [-0.3, -0.25) is 0 Å². The summed E-state index contributed by atoms with van der Waals surface area (Å²) < 4.78 is 96.5. The Morgan fingerprint density at radius 3 is 2.52 bits per heavy atom. The molecule has 0 fully saturated rings. The van der Waals surface area contributed by atoms with Crippen LogP contribution in [0.2, 0.25) is 0 Å². The summed E-state index contributed by atoms with van der Waals surface area (Å²) in [6.45, 7) is 3.38. The van der Waals surface area contributed by atoms with Gasteiger partial charge in [0, 0.05) is 18.9 Å². The van der Waals surface area contributed by atoms with E-state index in [0.717, 1.165) is 24.3 Å². The van der Waals surface area contributed by atoms with Crippen LogP contribution in [0.3, 0.4) is 0 Å². The highest BCUT2D eigenvalue weighted by molar-refractivity contribution is 7.95. The Morgan fingerprint density at radius 1 is 1.28 bits per heavy atom. The molecule has 1 aromatic carbocycles. The molecule has 1 aliphatic rings. The molecule has 0 aliphatic heterocycles. The lowest BCUT2D eigenvalue weighted by molar-refractivity contribution is -0.105. The van der Waals surface area contributed by atoms with Crippen molar-refractivity contribution in [2.45, 2.75) is 30.6 Å². The van der Waals surface area contributed by atoms with Gasteiger partial charge in [-0.1, -0.05) is 6.58 Å². The Morgan fingerprint density at radius 2 is 1.93 bits per heavy atom. The maximum atomic E-state index is 14.2. The highest BCUT2D eigenvalue weighted by Crippen LogP contribution is 2.36. The molecule has 0 radical (unpaired) electrons. The molecule has 0 heterocycles. The standard InChI is InChI=1S/C18H14F5NO4S/c1-10-8-18(22,23)16(25)7-14(29(26,27)17(20)21)2-3-15(10)28-13-5-11(9-24)4-12(19)6-13/h2-6,16-17,25H,1,7-8H2/b14-2+,15-3+/t16-/m1/s1. The van der Waals surface area contributed by atoms with Crippen LogP contribution >= 0.6 is 0 Å². The number of benzene rings is 1. The van der Waals surface area contributed by atoms with Crippen molar-refractivity contribution < 1.29 is 40.2 Å². The summed E-state index contributed by atoms with van der Waals surface area (Å²) in [5.74, 6) is -9.44. The van der Waals surface area contributed by atoms with Gasteiger partial charge >= 0.3 is 5.76 Å². The summed E-state index contributed by atoms with van der Waals surface area (Å²) in [5.41, 5.74) is -0.560. The molecule has 1 aliphatic carbocycles. The Labute approximate surface area is 162 Å². The molecule has 0 saturated carbocycles. The number of nitriles is 1. The van der Waals surface area contributed by atoms with E-state index < -0.39 is 62.5 Å². The third-order valence-corrected chi connectivity index (χ3v) is 5.43. The SMILES string of the molecule is C=C1CC(F)(F)[C@H](O)C/C(S(=O)(=O)C(F)F)=C\C=C/1Oc1cc(F)cc(C#N)c1. The minimum atomic E-state index is -5.27. The van der Waals surface area contributed by atoms with Gasteiger partial charge in [-0.25, -0.2) is 21.6 Å². The molecule has 0 saturated heterocycles. The van der Waals surface area contributed by atoms with Gasteiger partial charge in [0.15, 0.2) is 0 Å². The zero-order chi connectivity index (χ0) is 22.0. The number of allylic oxidation sites excluding steroid dienone is 3. The molecule has 11 heteroatoms. The summed E-state index contributed by atoms with van der Waals surface area (Å²) in [4.78, 5) is -1.13. The van der Waals surface area contributed by atoms with Gasteiger partial charge in [0.2, 0.25) is 9.84 Å². The van der Waals surface area contributed by atoms with Crippen molar-refractivity contribution in [1.82, 2.24) is 0 Å². The van der Waals surface area contributed by atoms with E-state index in [4.69, 9.17) is 10.00 Å². The number of aliphatic hydroxyl groups is 1. The zero-order valence-corrected chi connectivity index (χ0v) is 15.4. The number of hydrogen-bond donors (Lipinski definition) is 1. The van der Waals surface area contributed by atoms with Gasteiger partial charge in [-0.15, -0.1) is 0 Å². The van der Waals surface area contributed by atoms with Crippen molar-refractivity contribution in [1.29, 1.82) is 5.26 Å². The zero-order valence-electron chi connectivity index (χ0n) is 14.6. The number of rotatable bonds is 4. The molecule has 1 N–H and O–H groups in total. The second-order valence-corrected chi connectivity index (χ2v) is 8.09. The number of halogens is 5. The van der Waals surface area contributed by atoms with Crippen molar-refractivity contribution in [3.8, 4) is 11.8 Å². The normalized spacial score (nSPS) is 23.7. The Kier molecular flexibility index (Phi) is 6.50. The fourth-order valence-electron chi connectivity index (χ4n) is 2.43. The first kappa shape index (κ1) is 22.6. The second-order valence-electron chi connectivity index (χ2n) is 6.12. The molecule has 2 rings (SSSR count). The van der Waals surface area contributed by atoms with Crippen LogP contribution in [0, 0.1) is 17.1 Å². The Hall–Kier alpha value is -2.71. The highest BCUT2D eigenvalue weighted by atomic mass is 32.2. The quantitative estimate of drug-likeness (QED) is 0.727. The lowest BCUT2D eigenvalue weighted by atomic mass is 10.0. The molecule has 5 nitrogen and oxygen atoms in total. The molecule has 1 atom stereocenters. The maximum Gasteiger partial charge on any atom is 0.340 e. The second kappa shape index (κ2) is 8.34. The minimum absolute atomic E-state index is 0.147.